The molecule has 0 fully saturated rings. The Balaban J connectivity index is 2.56. The number of aromatic nitrogens is 1. The number of fused-ring (bicyclic) bond motifs is 2. The molecule has 19 heavy (non-hydrogen) atoms. The van der Waals surface area contributed by atoms with Crippen molar-refractivity contribution in [3.63, 3.8) is 0 Å². The van der Waals surface area contributed by atoms with Crippen LogP contribution in [0.4, 0.5) is 5.69 Å². The van der Waals surface area contributed by atoms with E-state index in [1.807, 2.05) is 41.9 Å². The van der Waals surface area contributed by atoms with Crippen molar-refractivity contribution in [1.82, 2.24) is 4.57 Å². The zero-order valence-electron chi connectivity index (χ0n) is 10.3. The maximum absolute atomic E-state index is 8.49. The summed E-state index contributed by atoms with van der Waals surface area (Å²) in [4.78, 5) is 2.78. The van der Waals surface area contributed by atoms with Crippen molar-refractivity contribution in [2.75, 3.05) is 0 Å². The number of hydrogen-bond donors (Lipinski definition) is 1. The molecule has 1 heterocycles. The lowest BCUT2D eigenvalue weighted by atomic mass is 10.1. The summed E-state index contributed by atoms with van der Waals surface area (Å²) >= 11 is 0. The predicted molar refractivity (Wildman–Crippen MR) is 75.1 cm³/mol. The third-order valence-electron chi connectivity index (χ3n) is 3.31. The lowest BCUT2D eigenvalue weighted by Gasteiger charge is -2.11. The minimum Gasteiger partial charge on any atom is -0.344 e. The molecule has 1 N–H and O–H groups in total. The second-order valence-corrected chi connectivity index (χ2v) is 4.34. The van der Waals surface area contributed by atoms with Gasteiger partial charge in [0.1, 0.15) is 0 Å². The summed E-state index contributed by atoms with van der Waals surface area (Å²) < 4.78 is 2.04. The monoisotopic (exact) mass is 249 g/mol. The van der Waals surface area contributed by atoms with E-state index >= 15 is 0 Å². The molecule has 0 atom stereocenters. The van der Waals surface area contributed by atoms with Crippen LogP contribution in [0.1, 0.15) is 0 Å². The van der Waals surface area contributed by atoms with E-state index in [2.05, 4.69) is 10.0 Å². The van der Waals surface area contributed by atoms with Crippen LogP contribution in [0.2, 0.25) is 0 Å². The van der Waals surface area contributed by atoms with Crippen LogP contribution in [-0.2, 0) is 7.05 Å². The van der Waals surface area contributed by atoms with E-state index in [1.165, 1.54) is 0 Å². The molecule has 1 aromatic heterocycles. The smallest absolute Gasteiger partial charge is 0.0726 e. The second kappa shape index (κ2) is 4.15. The average Bonchev–Trinajstić information content (AvgIpc) is 2.45. The molecule has 0 radical (unpaired) electrons. The topological polar surface area (TPSA) is 77.5 Å². The molecule has 0 aliphatic rings. The van der Waals surface area contributed by atoms with Gasteiger partial charge in [-0.05, 0) is 23.7 Å². The highest BCUT2D eigenvalue weighted by Crippen LogP contribution is 2.22. The first-order valence-electron chi connectivity index (χ1n) is 5.83. The van der Waals surface area contributed by atoms with Crippen LogP contribution >= 0.6 is 0 Å². The first-order chi connectivity index (χ1) is 9.22. The van der Waals surface area contributed by atoms with Crippen molar-refractivity contribution in [3.05, 3.63) is 58.3 Å². The Hall–Kier alpha value is -2.78. The van der Waals surface area contributed by atoms with Gasteiger partial charge < -0.3 is 4.57 Å². The zero-order chi connectivity index (χ0) is 13.4. The molecule has 0 aliphatic heterocycles. The summed E-state index contributed by atoms with van der Waals surface area (Å²) in [6.07, 6.45) is 0. The van der Waals surface area contributed by atoms with Crippen LogP contribution in [0.5, 0.6) is 0 Å². The van der Waals surface area contributed by atoms with Gasteiger partial charge in [0.15, 0.2) is 0 Å². The van der Waals surface area contributed by atoms with E-state index in [9.17, 15) is 0 Å². The summed E-state index contributed by atoms with van der Waals surface area (Å²) in [5.41, 5.74) is 11.0. The highest BCUT2D eigenvalue weighted by Gasteiger charge is 2.06. The SMILES string of the molecule is Cn1c2ccccc2c(=N)c2cc(N=[N+]=[N-])ccc21. The fourth-order valence-electron chi connectivity index (χ4n) is 2.38. The van der Waals surface area contributed by atoms with Gasteiger partial charge in [0, 0.05) is 28.4 Å². The Bertz CT molecular complexity index is 901. The summed E-state index contributed by atoms with van der Waals surface area (Å²) in [5.74, 6) is 0. The molecule has 3 aromatic rings. The van der Waals surface area contributed by atoms with Crippen LogP contribution < -0.4 is 5.36 Å². The van der Waals surface area contributed by atoms with Gasteiger partial charge in [-0.1, -0.05) is 29.4 Å². The first kappa shape index (κ1) is 11.3. The molecule has 0 saturated heterocycles. The maximum atomic E-state index is 8.49. The largest absolute Gasteiger partial charge is 0.344 e. The van der Waals surface area contributed by atoms with E-state index in [1.54, 1.807) is 12.1 Å². The third-order valence-corrected chi connectivity index (χ3v) is 3.31. The van der Waals surface area contributed by atoms with E-state index in [0.717, 1.165) is 21.8 Å². The van der Waals surface area contributed by atoms with E-state index in [4.69, 9.17) is 10.9 Å². The Labute approximate surface area is 108 Å². The van der Waals surface area contributed by atoms with Crippen molar-refractivity contribution in [1.29, 1.82) is 5.41 Å². The number of nitrogens with one attached hydrogen (secondary N) is 1. The van der Waals surface area contributed by atoms with Gasteiger partial charge >= 0.3 is 0 Å². The van der Waals surface area contributed by atoms with E-state index in [0.29, 0.717) is 11.0 Å². The van der Waals surface area contributed by atoms with Crippen molar-refractivity contribution >= 4 is 27.5 Å². The van der Waals surface area contributed by atoms with Crippen molar-refractivity contribution in [2.45, 2.75) is 0 Å². The maximum Gasteiger partial charge on any atom is 0.0726 e. The Morgan fingerprint density at radius 2 is 1.84 bits per heavy atom. The number of pyridine rings is 1. The number of para-hydroxylation sites is 1. The van der Waals surface area contributed by atoms with Crippen molar-refractivity contribution in [3.8, 4) is 0 Å². The van der Waals surface area contributed by atoms with Gasteiger partial charge in [-0.3, -0.25) is 5.41 Å². The van der Waals surface area contributed by atoms with Crippen molar-refractivity contribution < 1.29 is 0 Å². The van der Waals surface area contributed by atoms with E-state index < -0.39 is 0 Å². The molecule has 0 bridgehead atoms. The molecule has 2 aromatic carbocycles. The molecule has 3 rings (SSSR count). The fraction of sp³-hybridized carbons (Fsp3) is 0.0714. The quantitative estimate of drug-likeness (QED) is 0.295. The van der Waals surface area contributed by atoms with Crippen LogP contribution in [0.15, 0.2) is 47.6 Å². The predicted octanol–water partition coefficient (Wildman–Crippen LogP) is 3.75. The third kappa shape index (κ3) is 1.64. The van der Waals surface area contributed by atoms with Crippen LogP contribution in [0.3, 0.4) is 0 Å². The number of hydrogen-bond acceptors (Lipinski definition) is 2. The minimum absolute atomic E-state index is 0.457. The average molecular weight is 249 g/mol. The van der Waals surface area contributed by atoms with Gasteiger partial charge in [0.25, 0.3) is 0 Å². The number of nitrogens with zero attached hydrogens (tertiary/aromatic N) is 4. The van der Waals surface area contributed by atoms with Gasteiger partial charge in [-0.25, -0.2) is 0 Å². The van der Waals surface area contributed by atoms with Gasteiger partial charge in [0.2, 0.25) is 0 Å². The zero-order valence-corrected chi connectivity index (χ0v) is 10.3. The minimum atomic E-state index is 0.457. The normalized spacial score (nSPS) is 10.6. The van der Waals surface area contributed by atoms with Crippen LogP contribution in [0, 0.1) is 5.41 Å². The van der Waals surface area contributed by atoms with Crippen LogP contribution in [0.25, 0.3) is 32.2 Å². The van der Waals surface area contributed by atoms with Gasteiger partial charge in [0.05, 0.1) is 16.4 Å². The second-order valence-electron chi connectivity index (χ2n) is 4.34. The lowest BCUT2D eigenvalue weighted by Crippen LogP contribution is -2.08. The molecule has 0 saturated carbocycles. The number of rotatable bonds is 1. The molecule has 0 spiro atoms. The standard InChI is InChI=1S/C14H11N5/c1-19-12-5-3-2-4-10(12)14(15)11-8-9(17-18-16)6-7-13(11)19/h2-8,15H,1H3. The molecule has 5 nitrogen and oxygen atoms in total. The molecule has 5 heteroatoms. The first-order valence-corrected chi connectivity index (χ1v) is 5.83. The molecular formula is C14H11N5. The Morgan fingerprint density at radius 1 is 1.11 bits per heavy atom. The molecule has 0 amide bonds. The number of aryl methyl sites for hydroxylation is 1. The van der Waals surface area contributed by atoms with Gasteiger partial charge in [-0.15, -0.1) is 0 Å². The number of benzene rings is 2. The fourth-order valence-corrected chi connectivity index (χ4v) is 2.38. The Morgan fingerprint density at radius 3 is 2.63 bits per heavy atom. The lowest BCUT2D eigenvalue weighted by molar-refractivity contribution is 0.999. The highest BCUT2D eigenvalue weighted by molar-refractivity contribution is 5.94. The molecular weight excluding hydrogens is 238 g/mol. The molecule has 92 valence electrons. The summed E-state index contributed by atoms with van der Waals surface area (Å²) in [6, 6.07) is 13.2. The molecule has 0 aliphatic carbocycles. The highest BCUT2D eigenvalue weighted by atomic mass is 15.1. The van der Waals surface area contributed by atoms with Crippen molar-refractivity contribution in [2.24, 2.45) is 12.2 Å². The van der Waals surface area contributed by atoms with E-state index in [-0.39, 0.29) is 0 Å². The van der Waals surface area contributed by atoms with Gasteiger partial charge in [-0.2, -0.15) is 0 Å². The molecule has 0 unspecified atom stereocenters. The summed E-state index contributed by atoms with van der Waals surface area (Å²) in [7, 11) is 1.97. The number of azide groups is 1. The Kier molecular flexibility index (Phi) is 2.47. The summed E-state index contributed by atoms with van der Waals surface area (Å²) in [6.45, 7) is 0. The van der Waals surface area contributed by atoms with Crippen LogP contribution in [-0.4, -0.2) is 4.57 Å². The summed E-state index contributed by atoms with van der Waals surface area (Å²) in [5, 5.41) is 14.0.